The summed E-state index contributed by atoms with van der Waals surface area (Å²) in [5, 5.41) is 3.18. The van der Waals surface area contributed by atoms with Crippen molar-refractivity contribution in [1.29, 1.82) is 0 Å². The van der Waals surface area contributed by atoms with Crippen LogP contribution in [0, 0.1) is 11.6 Å². The second kappa shape index (κ2) is 5.81. The molecule has 0 amide bonds. The lowest BCUT2D eigenvalue weighted by molar-refractivity contribution is 0.541. The molecule has 0 aromatic heterocycles. The maximum atomic E-state index is 13.3. The molecule has 1 aromatic rings. The molecule has 3 heteroatoms. The Hall–Kier alpha value is -0.960. The molecular weight excluding hydrogens is 196 g/mol. The number of hydrogen-bond acceptors (Lipinski definition) is 1. The van der Waals surface area contributed by atoms with Gasteiger partial charge in [0.1, 0.15) is 11.6 Å². The second-order valence-electron chi connectivity index (χ2n) is 3.71. The van der Waals surface area contributed by atoms with E-state index in [4.69, 9.17) is 0 Å². The minimum Gasteiger partial charge on any atom is -0.317 e. The Kier molecular flexibility index (Phi) is 4.69. The highest BCUT2D eigenvalue weighted by Gasteiger charge is 2.10. The van der Waals surface area contributed by atoms with Crippen LogP contribution in [0.5, 0.6) is 0 Å². The van der Waals surface area contributed by atoms with E-state index >= 15 is 0 Å². The zero-order valence-electron chi connectivity index (χ0n) is 9.19. The Morgan fingerprint density at radius 2 is 2.07 bits per heavy atom. The van der Waals surface area contributed by atoms with Crippen molar-refractivity contribution >= 4 is 0 Å². The van der Waals surface area contributed by atoms with Crippen LogP contribution in [0.15, 0.2) is 18.2 Å². The second-order valence-corrected chi connectivity index (χ2v) is 3.71. The zero-order valence-corrected chi connectivity index (χ0v) is 9.19. The Bertz CT molecular complexity index is 312. The van der Waals surface area contributed by atoms with E-state index < -0.39 is 11.6 Å². The molecule has 0 aliphatic rings. The molecule has 15 heavy (non-hydrogen) atoms. The molecule has 0 saturated heterocycles. The van der Waals surface area contributed by atoms with Crippen LogP contribution < -0.4 is 5.32 Å². The van der Waals surface area contributed by atoms with Crippen LogP contribution in [-0.4, -0.2) is 13.1 Å². The van der Waals surface area contributed by atoms with E-state index in [0.29, 0.717) is 5.56 Å². The molecule has 0 fully saturated rings. The number of halogens is 2. The molecule has 1 atom stereocenters. The molecule has 1 aromatic carbocycles. The van der Waals surface area contributed by atoms with Crippen molar-refractivity contribution in [1.82, 2.24) is 5.32 Å². The van der Waals surface area contributed by atoms with Gasteiger partial charge < -0.3 is 5.32 Å². The van der Waals surface area contributed by atoms with Gasteiger partial charge in [0, 0.05) is 6.07 Å². The molecule has 1 unspecified atom stereocenters. The van der Waals surface area contributed by atoms with Gasteiger partial charge >= 0.3 is 0 Å². The highest BCUT2D eigenvalue weighted by atomic mass is 19.1. The minimum absolute atomic E-state index is 0.115. The summed E-state index contributed by atoms with van der Waals surface area (Å²) in [5.41, 5.74) is 0.592. The average Bonchev–Trinajstić information content (AvgIpc) is 2.17. The van der Waals surface area contributed by atoms with Gasteiger partial charge in [-0.1, -0.05) is 19.9 Å². The molecule has 0 saturated carbocycles. The lowest BCUT2D eigenvalue weighted by Crippen LogP contribution is -2.16. The fraction of sp³-hybridized carbons (Fsp3) is 0.500. The quantitative estimate of drug-likeness (QED) is 0.741. The van der Waals surface area contributed by atoms with E-state index in [-0.39, 0.29) is 5.92 Å². The van der Waals surface area contributed by atoms with Crippen LogP contribution in [0.2, 0.25) is 0 Å². The van der Waals surface area contributed by atoms with E-state index in [2.05, 4.69) is 5.32 Å². The van der Waals surface area contributed by atoms with Crippen molar-refractivity contribution in [3.8, 4) is 0 Å². The third-order valence-electron chi connectivity index (χ3n) is 2.50. The molecule has 0 radical (unpaired) electrons. The summed E-state index contributed by atoms with van der Waals surface area (Å²) in [4.78, 5) is 0. The number of hydrogen-bond donors (Lipinski definition) is 1. The highest BCUT2D eigenvalue weighted by Crippen LogP contribution is 2.22. The van der Waals surface area contributed by atoms with Gasteiger partial charge in [0.05, 0.1) is 0 Å². The van der Waals surface area contributed by atoms with Crippen LogP contribution in [-0.2, 0) is 0 Å². The zero-order chi connectivity index (χ0) is 11.3. The predicted molar refractivity (Wildman–Crippen MR) is 57.9 cm³/mol. The first kappa shape index (κ1) is 12.1. The van der Waals surface area contributed by atoms with Crippen LogP contribution in [0.1, 0.15) is 31.7 Å². The summed E-state index contributed by atoms with van der Waals surface area (Å²) in [6, 6.07) is 3.78. The smallest absolute Gasteiger partial charge is 0.129 e. The van der Waals surface area contributed by atoms with E-state index in [1.165, 1.54) is 12.1 Å². The Morgan fingerprint density at radius 3 is 2.67 bits per heavy atom. The number of rotatable bonds is 5. The van der Waals surface area contributed by atoms with E-state index in [1.807, 2.05) is 13.8 Å². The first-order chi connectivity index (χ1) is 7.15. The highest BCUT2D eigenvalue weighted by molar-refractivity contribution is 5.22. The molecule has 1 rings (SSSR count). The van der Waals surface area contributed by atoms with Crippen molar-refractivity contribution in [2.45, 2.75) is 26.2 Å². The van der Waals surface area contributed by atoms with Gasteiger partial charge in [0.2, 0.25) is 0 Å². The lowest BCUT2D eigenvalue weighted by Gasteiger charge is -2.12. The Labute approximate surface area is 89.5 Å². The molecule has 0 spiro atoms. The molecule has 0 bridgehead atoms. The molecule has 84 valence electrons. The molecule has 0 heterocycles. The van der Waals surface area contributed by atoms with E-state index in [1.54, 1.807) is 0 Å². The van der Waals surface area contributed by atoms with Gasteiger partial charge in [-0.2, -0.15) is 0 Å². The van der Waals surface area contributed by atoms with Gasteiger partial charge in [-0.05, 0) is 37.1 Å². The molecule has 1 nitrogen and oxygen atoms in total. The van der Waals surface area contributed by atoms with E-state index in [0.717, 1.165) is 25.6 Å². The van der Waals surface area contributed by atoms with Crippen molar-refractivity contribution < 1.29 is 8.78 Å². The number of nitrogens with one attached hydrogen (secondary N) is 1. The standard InChI is InChI=1S/C12H17F2N/c1-3-15-7-6-9(2)11-5-4-10(13)8-12(11)14/h4-5,8-9,15H,3,6-7H2,1-2H3. The summed E-state index contributed by atoms with van der Waals surface area (Å²) in [6.45, 7) is 5.75. The fourth-order valence-electron chi connectivity index (χ4n) is 1.55. The SMILES string of the molecule is CCNCCC(C)c1ccc(F)cc1F. The summed E-state index contributed by atoms with van der Waals surface area (Å²) in [7, 11) is 0. The maximum Gasteiger partial charge on any atom is 0.129 e. The first-order valence-corrected chi connectivity index (χ1v) is 5.30. The largest absolute Gasteiger partial charge is 0.317 e. The van der Waals surface area contributed by atoms with Crippen molar-refractivity contribution in [3.63, 3.8) is 0 Å². The van der Waals surface area contributed by atoms with Crippen molar-refractivity contribution in [3.05, 3.63) is 35.4 Å². The third kappa shape index (κ3) is 3.59. The van der Waals surface area contributed by atoms with Crippen LogP contribution >= 0.6 is 0 Å². The summed E-state index contributed by atoms with van der Waals surface area (Å²) in [6.07, 6.45) is 0.858. The minimum atomic E-state index is -0.518. The van der Waals surface area contributed by atoms with Gasteiger partial charge in [0.15, 0.2) is 0 Å². The monoisotopic (exact) mass is 213 g/mol. The van der Waals surface area contributed by atoms with Crippen LogP contribution in [0.25, 0.3) is 0 Å². The molecule has 1 N–H and O–H groups in total. The third-order valence-corrected chi connectivity index (χ3v) is 2.50. The Balaban J connectivity index is 2.61. The fourth-order valence-corrected chi connectivity index (χ4v) is 1.55. The molecular formula is C12H17F2N. The lowest BCUT2D eigenvalue weighted by atomic mass is 9.97. The van der Waals surface area contributed by atoms with Crippen LogP contribution in [0.3, 0.4) is 0 Å². The molecule has 0 aliphatic carbocycles. The summed E-state index contributed by atoms with van der Waals surface area (Å²) >= 11 is 0. The normalized spacial score (nSPS) is 12.8. The molecule has 0 aliphatic heterocycles. The predicted octanol–water partition coefficient (Wildman–Crippen LogP) is 3.07. The first-order valence-electron chi connectivity index (χ1n) is 5.30. The topological polar surface area (TPSA) is 12.0 Å². The summed E-state index contributed by atoms with van der Waals surface area (Å²) < 4.78 is 26.0. The van der Waals surface area contributed by atoms with Crippen molar-refractivity contribution in [2.75, 3.05) is 13.1 Å². The summed E-state index contributed by atoms with van der Waals surface area (Å²) in [5.74, 6) is -0.848. The maximum absolute atomic E-state index is 13.3. The van der Waals surface area contributed by atoms with Gasteiger partial charge in [0.25, 0.3) is 0 Å². The van der Waals surface area contributed by atoms with Gasteiger partial charge in [-0.3, -0.25) is 0 Å². The van der Waals surface area contributed by atoms with Gasteiger partial charge in [-0.15, -0.1) is 0 Å². The Morgan fingerprint density at radius 1 is 1.33 bits per heavy atom. The van der Waals surface area contributed by atoms with E-state index in [9.17, 15) is 8.78 Å². The van der Waals surface area contributed by atoms with Gasteiger partial charge in [-0.25, -0.2) is 8.78 Å². The van der Waals surface area contributed by atoms with Crippen molar-refractivity contribution in [2.24, 2.45) is 0 Å². The average molecular weight is 213 g/mol. The van der Waals surface area contributed by atoms with Crippen LogP contribution in [0.4, 0.5) is 8.78 Å². The number of benzene rings is 1.